The van der Waals surface area contributed by atoms with Crippen molar-refractivity contribution < 1.29 is 9.90 Å². The number of anilines is 1. The van der Waals surface area contributed by atoms with Gasteiger partial charge in [0.2, 0.25) is 5.91 Å². The van der Waals surface area contributed by atoms with Crippen molar-refractivity contribution in [2.75, 3.05) is 5.01 Å². The molecular weight excluding hydrogens is 156 g/mol. The molecule has 1 amide bonds. The van der Waals surface area contributed by atoms with Gasteiger partial charge in [0, 0.05) is 6.92 Å². The molecule has 0 spiro atoms. The zero-order valence-electron chi connectivity index (χ0n) is 6.69. The van der Waals surface area contributed by atoms with Crippen LogP contribution < -0.4 is 10.9 Å². The number of hydrogen-bond acceptors (Lipinski definition) is 3. The highest BCUT2D eigenvalue weighted by molar-refractivity contribution is 5.90. The van der Waals surface area contributed by atoms with Gasteiger partial charge in [-0.05, 0) is 24.3 Å². The number of carbonyl (C=O) groups is 1. The zero-order chi connectivity index (χ0) is 9.14. The van der Waals surface area contributed by atoms with Crippen molar-refractivity contribution in [3.8, 4) is 5.75 Å². The second-order valence-corrected chi connectivity index (χ2v) is 2.41. The van der Waals surface area contributed by atoms with Gasteiger partial charge in [-0.1, -0.05) is 0 Å². The van der Waals surface area contributed by atoms with Crippen LogP contribution in [0.4, 0.5) is 5.69 Å². The summed E-state index contributed by atoms with van der Waals surface area (Å²) in [6.45, 7) is 1.37. The van der Waals surface area contributed by atoms with Crippen LogP contribution in [0.15, 0.2) is 24.3 Å². The van der Waals surface area contributed by atoms with Gasteiger partial charge in [-0.25, -0.2) is 10.9 Å². The highest BCUT2D eigenvalue weighted by Gasteiger charge is 2.04. The van der Waals surface area contributed by atoms with E-state index in [4.69, 9.17) is 10.9 Å². The summed E-state index contributed by atoms with van der Waals surface area (Å²) >= 11 is 0. The van der Waals surface area contributed by atoms with Gasteiger partial charge in [0.05, 0.1) is 5.69 Å². The van der Waals surface area contributed by atoms with Gasteiger partial charge in [0.15, 0.2) is 0 Å². The SMILES string of the molecule is CC(=O)N(N)c1ccc(O)cc1. The molecule has 3 N–H and O–H groups in total. The topological polar surface area (TPSA) is 66.6 Å². The normalized spacial score (nSPS) is 9.50. The van der Waals surface area contributed by atoms with Crippen molar-refractivity contribution in [2.45, 2.75) is 6.92 Å². The Kier molecular flexibility index (Phi) is 2.30. The molecule has 12 heavy (non-hydrogen) atoms. The fourth-order valence-electron chi connectivity index (χ4n) is 0.795. The molecule has 0 radical (unpaired) electrons. The Balaban J connectivity index is 2.89. The number of carbonyl (C=O) groups excluding carboxylic acids is 1. The minimum absolute atomic E-state index is 0.149. The number of aromatic hydroxyl groups is 1. The van der Waals surface area contributed by atoms with Crippen LogP contribution in [0.25, 0.3) is 0 Å². The molecule has 0 atom stereocenters. The van der Waals surface area contributed by atoms with E-state index in [0.717, 1.165) is 5.01 Å². The van der Waals surface area contributed by atoms with Crippen LogP contribution in [0, 0.1) is 0 Å². The van der Waals surface area contributed by atoms with Crippen molar-refractivity contribution in [3.05, 3.63) is 24.3 Å². The van der Waals surface area contributed by atoms with Gasteiger partial charge < -0.3 is 5.11 Å². The van der Waals surface area contributed by atoms with E-state index < -0.39 is 0 Å². The fraction of sp³-hybridized carbons (Fsp3) is 0.125. The molecule has 1 rings (SSSR count). The summed E-state index contributed by atoms with van der Waals surface area (Å²) in [6, 6.07) is 6.07. The van der Waals surface area contributed by atoms with E-state index in [0.29, 0.717) is 5.69 Å². The zero-order valence-corrected chi connectivity index (χ0v) is 6.69. The van der Waals surface area contributed by atoms with Crippen molar-refractivity contribution >= 4 is 11.6 Å². The van der Waals surface area contributed by atoms with E-state index in [9.17, 15) is 4.79 Å². The van der Waals surface area contributed by atoms with E-state index in [-0.39, 0.29) is 11.7 Å². The van der Waals surface area contributed by atoms with E-state index in [1.54, 1.807) is 12.1 Å². The third-order valence-electron chi connectivity index (χ3n) is 1.47. The second kappa shape index (κ2) is 3.23. The minimum atomic E-state index is -0.249. The molecule has 0 bridgehead atoms. The number of benzene rings is 1. The van der Waals surface area contributed by atoms with Gasteiger partial charge in [-0.2, -0.15) is 0 Å². The predicted molar refractivity (Wildman–Crippen MR) is 45.5 cm³/mol. The first-order valence-corrected chi connectivity index (χ1v) is 3.45. The summed E-state index contributed by atoms with van der Waals surface area (Å²) < 4.78 is 0. The van der Waals surface area contributed by atoms with Crippen molar-refractivity contribution in [2.24, 2.45) is 5.84 Å². The monoisotopic (exact) mass is 166 g/mol. The Labute approximate surface area is 70.2 Å². The molecule has 4 heteroatoms. The number of rotatable bonds is 1. The number of amides is 1. The molecule has 1 aromatic carbocycles. The lowest BCUT2D eigenvalue weighted by molar-refractivity contribution is -0.116. The number of phenols is 1. The largest absolute Gasteiger partial charge is 0.508 e. The summed E-state index contributed by atoms with van der Waals surface area (Å²) in [5.74, 6) is 5.29. The van der Waals surface area contributed by atoms with E-state index in [2.05, 4.69) is 0 Å². The quantitative estimate of drug-likeness (QED) is 0.365. The molecule has 0 aliphatic rings. The van der Waals surface area contributed by atoms with Crippen LogP contribution >= 0.6 is 0 Å². The van der Waals surface area contributed by atoms with Crippen molar-refractivity contribution in [1.82, 2.24) is 0 Å². The maximum Gasteiger partial charge on any atom is 0.238 e. The van der Waals surface area contributed by atoms with E-state index in [1.807, 2.05) is 0 Å². The first-order valence-electron chi connectivity index (χ1n) is 3.45. The van der Waals surface area contributed by atoms with Gasteiger partial charge in [0.1, 0.15) is 5.75 Å². The molecule has 1 aromatic rings. The molecule has 0 fully saturated rings. The van der Waals surface area contributed by atoms with Crippen LogP contribution in [0.2, 0.25) is 0 Å². The summed E-state index contributed by atoms with van der Waals surface area (Å²) in [5.41, 5.74) is 0.556. The molecule has 0 unspecified atom stereocenters. The molecule has 0 saturated carbocycles. The number of phenolic OH excluding ortho intramolecular Hbond substituents is 1. The molecule has 0 aliphatic carbocycles. The summed E-state index contributed by atoms with van der Waals surface area (Å²) in [7, 11) is 0. The standard InChI is InChI=1S/C8H10N2O2/c1-6(11)10(9)7-2-4-8(12)5-3-7/h2-5,12H,9H2,1H3. The smallest absolute Gasteiger partial charge is 0.238 e. The summed E-state index contributed by atoms with van der Waals surface area (Å²) in [4.78, 5) is 10.8. The first-order chi connectivity index (χ1) is 5.61. The minimum Gasteiger partial charge on any atom is -0.508 e. The Morgan fingerprint density at radius 2 is 1.92 bits per heavy atom. The third-order valence-corrected chi connectivity index (χ3v) is 1.47. The van der Waals surface area contributed by atoms with Crippen LogP contribution in [-0.4, -0.2) is 11.0 Å². The fourth-order valence-corrected chi connectivity index (χ4v) is 0.795. The van der Waals surface area contributed by atoms with Crippen LogP contribution in [0.5, 0.6) is 5.75 Å². The first kappa shape index (κ1) is 8.55. The van der Waals surface area contributed by atoms with Gasteiger partial charge in [0.25, 0.3) is 0 Å². The summed E-state index contributed by atoms with van der Waals surface area (Å²) in [6.07, 6.45) is 0. The highest BCUT2D eigenvalue weighted by Crippen LogP contribution is 2.15. The lowest BCUT2D eigenvalue weighted by Gasteiger charge is -2.13. The average molecular weight is 166 g/mol. The Morgan fingerprint density at radius 1 is 1.42 bits per heavy atom. The maximum atomic E-state index is 10.8. The molecule has 0 heterocycles. The average Bonchev–Trinajstić information content (AvgIpc) is 2.04. The lowest BCUT2D eigenvalue weighted by Crippen LogP contribution is -2.35. The Hall–Kier alpha value is -1.55. The van der Waals surface area contributed by atoms with Crippen LogP contribution in [0.3, 0.4) is 0 Å². The number of nitrogens with two attached hydrogens (primary N) is 1. The summed E-state index contributed by atoms with van der Waals surface area (Å²) in [5, 5.41) is 9.95. The van der Waals surface area contributed by atoms with E-state index in [1.165, 1.54) is 19.1 Å². The van der Waals surface area contributed by atoms with E-state index >= 15 is 0 Å². The Bertz CT molecular complexity index is 282. The van der Waals surface area contributed by atoms with Gasteiger partial charge >= 0.3 is 0 Å². The molecule has 0 aliphatic heterocycles. The van der Waals surface area contributed by atoms with Crippen molar-refractivity contribution in [1.29, 1.82) is 0 Å². The number of hydrazine groups is 1. The second-order valence-electron chi connectivity index (χ2n) is 2.41. The predicted octanol–water partition coefficient (Wildman–Crippen LogP) is 0.619. The third kappa shape index (κ3) is 1.73. The molecule has 64 valence electrons. The highest BCUT2D eigenvalue weighted by atomic mass is 16.3. The number of nitrogens with zero attached hydrogens (tertiary/aromatic N) is 1. The Morgan fingerprint density at radius 3 is 2.33 bits per heavy atom. The molecule has 4 nitrogen and oxygen atoms in total. The van der Waals surface area contributed by atoms with Crippen LogP contribution in [-0.2, 0) is 4.79 Å². The molecule has 0 aromatic heterocycles. The molecular formula is C8H10N2O2. The maximum absolute atomic E-state index is 10.8. The van der Waals surface area contributed by atoms with Gasteiger partial charge in [-0.3, -0.25) is 4.79 Å². The molecule has 0 saturated heterocycles. The van der Waals surface area contributed by atoms with Crippen LogP contribution in [0.1, 0.15) is 6.92 Å². The number of hydrogen-bond donors (Lipinski definition) is 2. The lowest BCUT2D eigenvalue weighted by atomic mass is 10.3. The van der Waals surface area contributed by atoms with Gasteiger partial charge in [-0.15, -0.1) is 0 Å². The van der Waals surface area contributed by atoms with Crippen molar-refractivity contribution in [3.63, 3.8) is 0 Å².